The predicted molar refractivity (Wildman–Crippen MR) is 100 cm³/mol. The van der Waals surface area contributed by atoms with Gasteiger partial charge in [0.25, 0.3) is 0 Å². The Morgan fingerprint density at radius 1 is 0.960 bits per heavy atom. The molecule has 0 aliphatic heterocycles. The van der Waals surface area contributed by atoms with Crippen LogP contribution in [-0.2, 0) is 6.42 Å². The highest BCUT2D eigenvalue weighted by Crippen LogP contribution is 2.23. The molecule has 5 nitrogen and oxygen atoms in total. The smallest absolute Gasteiger partial charge is 0.136 e. The summed E-state index contributed by atoms with van der Waals surface area (Å²) in [6.45, 7) is 3.99. The highest BCUT2D eigenvalue weighted by atomic mass is 15.1. The minimum absolute atomic E-state index is 0.628. The molecule has 3 aromatic rings. The number of aromatic nitrogens is 2. The molecule has 0 saturated carbocycles. The summed E-state index contributed by atoms with van der Waals surface area (Å²) in [6.07, 6.45) is 0.948. The summed E-state index contributed by atoms with van der Waals surface area (Å²) in [5, 5.41) is 15.5. The van der Waals surface area contributed by atoms with Crippen LogP contribution in [0.2, 0.25) is 0 Å². The zero-order valence-corrected chi connectivity index (χ0v) is 14.2. The summed E-state index contributed by atoms with van der Waals surface area (Å²) in [6, 6.07) is 19.4. The zero-order chi connectivity index (χ0) is 17.6. The molecule has 0 amide bonds. The Bertz CT molecular complexity index is 910. The van der Waals surface area contributed by atoms with E-state index in [1.54, 1.807) is 12.1 Å². The highest BCUT2D eigenvalue weighted by Gasteiger charge is 2.05. The van der Waals surface area contributed by atoms with E-state index in [-0.39, 0.29) is 0 Å². The molecule has 0 unspecified atom stereocenters. The van der Waals surface area contributed by atoms with Crippen LogP contribution in [0.25, 0.3) is 0 Å². The Balaban J connectivity index is 1.83. The maximum Gasteiger partial charge on any atom is 0.136 e. The topological polar surface area (TPSA) is 73.6 Å². The van der Waals surface area contributed by atoms with Crippen molar-refractivity contribution in [3.05, 3.63) is 71.5 Å². The van der Waals surface area contributed by atoms with E-state index in [4.69, 9.17) is 5.26 Å². The molecular formula is C20H19N5. The fourth-order valence-corrected chi connectivity index (χ4v) is 2.56. The molecule has 124 valence electrons. The van der Waals surface area contributed by atoms with Gasteiger partial charge in [-0.1, -0.05) is 25.1 Å². The summed E-state index contributed by atoms with van der Waals surface area (Å²) >= 11 is 0. The van der Waals surface area contributed by atoms with Crippen LogP contribution in [0.3, 0.4) is 0 Å². The Labute approximate surface area is 147 Å². The van der Waals surface area contributed by atoms with Gasteiger partial charge in [-0.3, -0.25) is 0 Å². The Hall–Kier alpha value is -3.39. The second-order valence-electron chi connectivity index (χ2n) is 5.64. The third-order valence-electron chi connectivity index (χ3n) is 3.79. The van der Waals surface area contributed by atoms with Gasteiger partial charge in [0.05, 0.1) is 11.6 Å². The maximum atomic E-state index is 8.87. The maximum absolute atomic E-state index is 8.87. The van der Waals surface area contributed by atoms with Crippen LogP contribution in [0.4, 0.5) is 23.0 Å². The van der Waals surface area contributed by atoms with Crippen molar-refractivity contribution >= 4 is 23.0 Å². The summed E-state index contributed by atoms with van der Waals surface area (Å²) < 4.78 is 0. The molecule has 1 aromatic heterocycles. The van der Waals surface area contributed by atoms with Crippen LogP contribution in [0, 0.1) is 18.3 Å². The summed E-state index contributed by atoms with van der Waals surface area (Å²) in [7, 11) is 0. The number of hydrogen-bond donors (Lipinski definition) is 2. The number of aryl methyl sites for hydroxylation is 2. The van der Waals surface area contributed by atoms with Crippen molar-refractivity contribution in [1.29, 1.82) is 5.26 Å². The highest BCUT2D eigenvalue weighted by molar-refractivity contribution is 5.65. The first-order valence-corrected chi connectivity index (χ1v) is 8.15. The molecule has 5 heteroatoms. The molecule has 0 radical (unpaired) electrons. The summed E-state index contributed by atoms with van der Waals surface area (Å²) in [4.78, 5) is 8.90. The van der Waals surface area contributed by atoms with E-state index >= 15 is 0 Å². The molecule has 0 bridgehead atoms. The van der Waals surface area contributed by atoms with E-state index in [1.165, 1.54) is 5.56 Å². The summed E-state index contributed by atoms with van der Waals surface area (Å²) in [5.41, 5.74) is 3.78. The monoisotopic (exact) mass is 329 g/mol. The van der Waals surface area contributed by atoms with E-state index in [2.05, 4.69) is 39.7 Å². The van der Waals surface area contributed by atoms with E-state index in [9.17, 15) is 0 Å². The predicted octanol–water partition coefficient (Wildman–Crippen LogP) is 4.71. The number of nitrogens with one attached hydrogen (secondary N) is 2. The van der Waals surface area contributed by atoms with Gasteiger partial charge in [0.2, 0.25) is 0 Å². The third-order valence-corrected chi connectivity index (χ3v) is 3.79. The number of nitrogens with zero attached hydrogens (tertiary/aromatic N) is 3. The second-order valence-corrected chi connectivity index (χ2v) is 5.64. The van der Waals surface area contributed by atoms with Crippen molar-refractivity contribution in [3.63, 3.8) is 0 Å². The van der Waals surface area contributed by atoms with Crippen molar-refractivity contribution in [2.75, 3.05) is 10.6 Å². The number of nitriles is 1. The zero-order valence-electron chi connectivity index (χ0n) is 14.2. The van der Waals surface area contributed by atoms with Gasteiger partial charge < -0.3 is 10.6 Å². The van der Waals surface area contributed by atoms with Crippen molar-refractivity contribution in [3.8, 4) is 6.07 Å². The average Bonchev–Trinajstić information content (AvgIpc) is 2.62. The third kappa shape index (κ3) is 4.12. The minimum atomic E-state index is 0.628. The lowest BCUT2D eigenvalue weighted by Crippen LogP contribution is -2.02. The second kappa shape index (κ2) is 7.45. The first kappa shape index (κ1) is 16.5. The Morgan fingerprint density at radius 2 is 1.64 bits per heavy atom. The van der Waals surface area contributed by atoms with Gasteiger partial charge in [-0.25, -0.2) is 9.97 Å². The minimum Gasteiger partial charge on any atom is -0.340 e. The standard InChI is InChI=1S/C20H19N5/c1-3-16-6-4-5-7-18(16)25-20-12-19(22-14(2)23-20)24-17-10-8-15(13-21)9-11-17/h4-12H,3H2,1-2H3,(H2,22,23,24,25). The van der Waals surface area contributed by atoms with Crippen LogP contribution in [0.5, 0.6) is 0 Å². The Kier molecular flexibility index (Phi) is 4.91. The molecule has 3 rings (SSSR count). The van der Waals surface area contributed by atoms with Gasteiger partial charge >= 0.3 is 0 Å². The van der Waals surface area contributed by atoms with Crippen molar-refractivity contribution in [2.24, 2.45) is 0 Å². The van der Waals surface area contributed by atoms with Gasteiger partial charge in [0, 0.05) is 17.4 Å². The number of benzene rings is 2. The molecule has 0 spiro atoms. The molecule has 0 atom stereocenters. The van der Waals surface area contributed by atoms with Gasteiger partial charge in [0.1, 0.15) is 17.5 Å². The lowest BCUT2D eigenvalue weighted by atomic mass is 10.1. The Morgan fingerprint density at radius 3 is 2.32 bits per heavy atom. The van der Waals surface area contributed by atoms with Crippen LogP contribution in [0.1, 0.15) is 23.9 Å². The van der Waals surface area contributed by atoms with E-state index < -0.39 is 0 Å². The molecule has 0 aliphatic carbocycles. The van der Waals surface area contributed by atoms with Gasteiger partial charge in [0.15, 0.2) is 0 Å². The van der Waals surface area contributed by atoms with Gasteiger partial charge in [-0.05, 0) is 49.2 Å². The lowest BCUT2D eigenvalue weighted by Gasteiger charge is -2.12. The molecular weight excluding hydrogens is 310 g/mol. The first-order chi connectivity index (χ1) is 12.2. The normalized spacial score (nSPS) is 10.1. The van der Waals surface area contributed by atoms with Gasteiger partial charge in [-0.2, -0.15) is 5.26 Å². The quantitative estimate of drug-likeness (QED) is 0.709. The lowest BCUT2D eigenvalue weighted by molar-refractivity contribution is 1.06. The van der Waals surface area contributed by atoms with Crippen molar-refractivity contribution in [1.82, 2.24) is 9.97 Å². The molecule has 25 heavy (non-hydrogen) atoms. The summed E-state index contributed by atoms with van der Waals surface area (Å²) in [5.74, 6) is 2.12. The van der Waals surface area contributed by atoms with E-state index in [0.29, 0.717) is 17.2 Å². The van der Waals surface area contributed by atoms with Crippen LogP contribution in [-0.4, -0.2) is 9.97 Å². The van der Waals surface area contributed by atoms with Crippen molar-refractivity contribution < 1.29 is 0 Å². The number of rotatable bonds is 5. The number of para-hydroxylation sites is 1. The van der Waals surface area contributed by atoms with E-state index in [0.717, 1.165) is 23.6 Å². The average molecular weight is 329 g/mol. The number of hydrogen-bond acceptors (Lipinski definition) is 5. The molecule has 2 N–H and O–H groups in total. The van der Waals surface area contributed by atoms with E-state index in [1.807, 2.05) is 43.3 Å². The molecule has 0 aliphatic rings. The van der Waals surface area contributed by atoms with Gasteiger partial charge in [-0.15, -0.1) is 0 Å². The molecule has 1 heterocycles. The molecule has 2 aromatic carbocycles. The SMILES string of the molecule is CCc1ccccc1Nc1cc(Nc2ccc(C#N)cc2)nc(C)n1. The van der Waals surface area contributed by atoms with Crippen LogP contribution >= 0.6 is 0 Å². The first-order valence-electron chi connectivity index (χ1n) is 8.15. The largest absolute Gasteiger partial charge is 0.340 e. The molecule has 0 saturated heterocycles. The van der Waals surface area contributed by atoms with Crippen molar-refractivity contribution in [2.45, 2.75) is 20.3 Å². The van der Waals surface area contributed by atoms with Crippen LogP contribution < -0.4 is 10.6 Å². The fourth-order valence-electron chi connectivity index (χ4n) is 2.56. The fraction of sp³-hybridized carbons (Fsp3) is 0.150. The van der Waals surface area contributed by atoms with Crippen LogP contribution in [0.15, 0.2) is 54.6 Å². The molecule has 0 fully saturated rings. The number of anilines is 4.